The Hall–Kier alpha value is -3.93. The summed E-state index contributed by atoms with van der Waals surface area (Å²) in [6.45, 7) is 6.33. The van der Waals surface area contributed by atoms with Gasteiger partial charge in [0.15, 0.2) is 6.10 Å². The van der Waals surface area contributed by atoms with Crippen LogP contribution in [0.2, 0.25) is 0 Å². The Bertz CT molecular complexity index is 1370. The molecule has 6 heteroatoms. The van der Waals surface area contributed by atoms with E-state index in [9.17, 15) is 14.4 Å². The van der Waals surface area contributed by atoms with Crippen molar-refractivity contribution in [3.05, 3.63) is 109 Å². The molecular weight excluding hydrogens is 817 g/mol. The summed E-state index contributed by atoms with van der Waals surface area (Å²) in [5, 5.41) is 0. The SMILES string of the molecule is CC/C=C\C/C=C\C/C=C\C/C=C\C/C=C\CCCCCCCCCCCC(=O)OCC(COC(=O)CCCCCCCCCC)OC(=O)CCCC/C=C\C/C=C\C/C=C\C/C=C\CC. The summed E-state index contributed by atoms with van der Waals surface area (Å²) in [6, 6.07) is 0. The Kier molecular flexibility index (Phi) is 50.5. The average Bonchev–Trinajstić information content (AvgIpc) is 3.31. The minimum absolute atomic E-state index is 0.0970. The molecule has 0 aromatic rings. The zero-order valence-corrected chi connectivity index (χ0v) is 42.7. The molecule has 0 amide bonds. The number of unbranched alkanes of at least 4 members (excludes halogenated alkanes) is 18. The first-order chi connectivity index (χ1) is 32.5. The lowest BCUT2D eigenvalue weighted by Gasteiger charge is -2.18. The van der Waals surface area contributed by atoms with Gasteiger partial charge in [-0.2, -0.15) is 0 Å². The van der Waals surface area contributed by atoms with Crippen LogP contribution in [0.4, 0.5) is 0 Å². The molecule has 0 aliphatic heterocycles. The molecule has 1 atom stereocenters. The van der Waals surface area contributed by atoms with Gasteiger partial charge in [0.05, 0.1) is 0 Å². The molecule has 0 spiro atoms. The first-order valence-electron chi connectivity index (χ1n) is 26.9. The third-order valence-electron chi connectivity index (χ3n) is 11.0. The van der Waals surface area contributed by atoms with Crippen LogP contribution in [0.1, 0.15) is 233 Å². The van der Waals surface area contributed by atoms with Crippen molar-refractivity contribution in [2.24, 2.45) is 0 Å². The molecule has 0 rings (SSSR count). The van der Waals surface area contributed by atoms with E-state index >= 15 is 0 Å². The van der Waals surface area contributed by atoms with Gasteiger partial charge < -0.3 is 14.2 Å². The molecule has 0 aromatic heterocycles. The van der Waals surface area contributed by atoms with Crippen LogP contribution in [-0.4, -0.2) is 37.2 Å². The normalized spacial score (nSPS) is 13.0. The molecule has 0 fully saturated rings. The van der Waals surface area contributed by atoms with Crippen LogP contribution >= 0.6 is 0 Å². The third-order valence-corrected chi connectivity index (χ3v) is 11.0. The standard InChI is InChI=1S/C60H98O6/c1-4-7-10-13-16-19-21-23-25-26-27-28-29-30-31-32-33-34-36-37-39-41-44-47-50-53-59(62)65-56-57(55-64-58(61)52-49-46-43-18-15-12-9-6-3)66-60(63)54-51-48-45-42-40-38-35-24-22-20-17-14-11-8-5-2/h7-8,10-11,16-17,19-20,23-25,27-28,30-31,35,40,42,57H,4-6,9,12-15,18,21-22,26,29,32-34,36-39,41,43-56H2,1-3H3/b10-7-,11-8-,19-16-,20-17-,25-23-,28-27-,31-30-,35-24-,42-40-. The largest absolute Gasteiger partial charge is 0.462 e. The maximum Gasteiger partial charge on any atom is 0.306 e. The quantitative estimate of drug-likeness (QED) is 0.0262. The number of carbonyl (C=O) groups is 3. The molecule has 0 aliphatic rings. The number of hydrogen-bond donors (Lipinski definition) is 0. The molecule has 0 aromatic carbocycles. The summed E-state index contributed by atoms with van der Waals surface area (Å²) in [5.74, 6) is -0.954. The van der Waals surface area contributed by atoms with Crippen molar-refractivity contribution >= 4 is 17.9 Å². The fourth-order valence-electron chi connectivity index (χ4n) is 7.05. The second-order valence-electron chi connectivity index (χ2n) is 17.4. The lowest BCUT2D eigenvalue weighted by molar-refractivity contribution is -0.167. The molecule has 0 radical (unpaired) electrons. The Balaban J connectivity index is 4.29. The molecule has 0 N–H and O–H groups in total. The van der Waals surface area contributed by atoms with E-state index < -0.39 is 6.10 Å². The van der Waals surface area contributed by atoms with Crippen LogP contribution in [0.15, 0.2) is 109 Å². The fourth-order valence-corrected chi connectivity index (χ4v) is 7.05. The smallest absolute Gasteiger partial charge is 0.306 e. The van der Waals surface area contributed by atoms with Gasteiger partial charge in [0.1, 0.15) is 13.2 Å². The predicted octanol–water partition coefficient (Wildman–Crippen LogP) is 17.9. The van der Waals surface area contributed by atoms with Crippen molar-refractivity contribution in [2.45, 2.75) is 239 Å². The minimum atomic E-state index is -0.801. The van der Waals surface area contributed by atoms with Crippen LogP contribution in [0, 0.1) is 0 Å². The van der Waals surface area contributed by atoms with E-state index in [1.807, 2.05) is 0 Å². The second-order valence-corrected chi connectivity index (χ2v) is 17.4. The van der Waals surface area contributed by atoms with Crippen molar-refractivity contribution in [3.63, 3.8) is 0 Å². The molecular formula is C60H98O6. The van der Waals surface area contributed by atoms with Gasteiger partial charge >= 0.3 is 17.9 Å². The molecule has 0 saturated carbocycles. The minimum Gasteiger partial charge on any atom is -0.462 e. The first-order valence-corrected chi connectivity index (χ1v) is 26.9. The maximum absolute atomic E-state index is 12.8. The molecule has 0 bridgehead atoms. The van der Waals surface area contributed by atoms with Crippen LogP contribution < -0.4 is 0 Å². The topological polar surface area (TPSA) is 78.9 Å². The van der Waals surface area contributed by atoms with Crippen LogP contribution in [0.25, 0.3) is 0 Å². The fraction of sp³-hybridized carbons (Fsp3) is 0.650. The molecule has 0 heterocycles. The van der Waals surface area contributed by atoms with E-state index in [1.54, 1.807) is 0 Å². The molecule has 374 valence electrons. The zero-order chi connectivity index (χ0) is 47.9. The predicted molar refractivity (Wildman–Crippen MR) is 283 cm³/mol. The maximum atomic E-state index is 12.8. The lowest BCUT2D eigenvalue weighted by atomic mass is 10.1. The van der Waals surface area contributed by atoms with E-state index in [0.717, 1.165) is 116 Å². The van der Waals surface area contributed by atoms with Crippen LogP contribution in [-0.2, 0) is 28.6 Å². The van der Waals surface area contributed by atoms with Gasteiger partial charge in [0.25, 0.3) is 0 Å². The zero-order valence-electron chi connectivity index (χ0n) is 42.7. The highest BCUT2D eigenvalue weighted by molar-refractivity contribution is 5.71. The Morgan fingerprint density at radius 3 is 0.955 bits per heavy atom. The van der Waals surface area contributed by atoms with Crippen molar-refractivity contribution in [1.82, 2.24) is 0 Å². The Morgan fingerprint density at radius 1 is 0.318 bits per heavy atom. The number of ether oxygens (including phenoxy) is 3. The third kappa shape index (κ3) is 51.1. The molecule has 66 heavy (non-hydrogen) atoms. The van der Waals surface area contributed by atoms with Gasteiger partial charge in [-0.05, 0) is 103 Å². The van der Waals surface area contributed by atoms with E-state index in [2.05, 4.69) is 130 Å². The van der Waals surface area contributed by atoms with Crippen molar-refractivity contribution in [3.8, 4) is 0 Å². The van der Waals surface area contributed by atoms with Crippen LogP contribution in [0.5, 0.6) is 0 Å². The van der Waals surface area contributed by atoms with Crippen molar-refractivity contribution in [1.29, 1.82) is 0 Å². The van der Waals surface area contributed by atoms with Gasteiger partial charge in [0.2, 0.25) is 0 Å². The number of rotatable bonds is 47. The van der Waals surface area contributed by atoms with Gasteiger partial charge in [-0.1, -0.05) is 220 Å². The van der Waals surface area contributed by atoms with E-state index in [-0.39, 0.29) is 37.5 Å². The van der Waals surface area contributed by atoms with E-state index in [4.69, 9.17) is 14.2 Å². The molecule has 0 saturated heterocycles. The van der Waals surface area contributed by atoms with E-state index in [0.29, 0.717) is 19.3 Å². The number of esters is 3. The Labute approximate surface area is 406 Å². The summed E-state index contributed by atoms with van der Waals surface area (Å²) < 4.78 is 16.7. The van der Waals surface area contributed by atoms with Crippen molar-refractivity contribution < 1.29 is 28.6 Å². The van der Waals surface area contributed by atoms with E-state index in [1.165, 1.54) is 70.6 Å². The average molecular weight is 915 g/mol. The monoisotopic (exact) mass is 915 g/mol. The number of allylic oxidation sites excluding steroid dienone is 18. The van der Waals surface area contributed by atoms with Gasteiger partial charge in [-0.25, -0.2) is 0 Å². The summed E-state index contributed by atoms with van der Waals surface area (Å²) in [5.41, 5.74) is 0. The summed E-state index contributed by atoms with van der Waals surface area (Å²) >= 11 is 0. The van der Waals surface area contributed by atoms with Gasteiger partial charge in [0, 0.05) is 19.3 Å². The van der Waals surface area contributed by atoms with Crippen molar-refractivity contribution in [2.75, 3.05) is 13.2 Å². The highest BCUT2D eigenvalue weighted by atomic mass is 16.6. The number of hydrogen-bond acceptors (Lipinski definition) is 6. The highest BCUT2D eigenvalue weighted by Gasteiger charge is 2.19. The highest BCUT2D eigenvalue weighted by Crippen LogP contribution is 2.14. The summed E-state index contributed by atoms with van der Waals surface area (Å²) in [7, 11) is 0. The Morgan fingerprint density at radius 2 is 0.591 bits per heavy atom. The lowest BCUT2D eigenvalue weighted by Crippen LogP contribution is -2.30. The summed E-state index contributed by atoms with van der Waals surface area (Å²) in [6.07, 6.45) is 72.3. The first kappa shape index (κ1) is 62.1. The van der Waals surface area contributed by atoms with Gasteiger partial charge in [-0.15, -0.1) is 0 Å². The van der Waals surface area contributed by atoms with Crippen LogP contribution in [0.3, 0.4) is 0 Å². The molecule has 0 aliphatic carbocycles. The van der Waals surface area contributed by atoms with Gasteiger partial charge in [-0.3, -0.25) is 14.4 Å². The molecule has 1 unspecified atom stereocenters. The summed E-state index contributed by atoms with van der Waals surface area (Å²) in [4.78, 5) is 37.9. The number of carbonyl (C=O) groups excluding carboxylic acids is 3. The second kappa shape index (κ2) is 53.7. The molecule has 6 nitrogen and oxygen atoms in total.